The average Bonchev–Trinajstić information content (AvgIpc) is 2.73. The van der Waals surface area contributed by atoms with E-state index in [1.54, 1.807) is 10.9 Å². The molecular weight excluding hydrogens is 228 g/mol. The zero-order valence-electron chi connectivity index (χ0n) is 10.8. The lowest BCUT2D eigenvalue weighted by atomic mass is 10.1. The molecule has 0 unspecified atom stereocenters. The van der Waals surface area contributed by atoms with Gasteiger partial charge in [0.15, 0.2) is 6.29 Å². The van der Waals surface area contributed by atoms with Crippen LogP contribution in [0.2, 0.25) is 0 Å². The van der Waals surface area contributed by atoms with Crippen LogP contribution in [0.25, 0.3) is 0 Å². The number of rotatable bonds is 3. The lowest BCUT2D eigenvalue weighted by Gasteiger charge is -2.18. The number of hydrogen-bond acceptors (Lipinski definition) is 3. The molecule has 2 rings (SSSR count). The molecule has 1 aromatic carbocycles. The Kier molecular flexibility index (Phi) is 3.19. The van der Waals surface area contributed by atoms with Gasteiger partial charge in [0.25, 0.3) is 0 Å². The summed E-state index contributed by atoms with van der Waals surface area (Å²) in [5.74, 6) is 1.01. The number of aldehydes is 1. The molecule has 0 aliphatic rings. The maximum absolute atomic E-state index is 11.0. The number of para-hydroxylation sites is 1. The highest BCUT2D eigenvalue weighted by Crippen LogP contribution is 2.25. The van der Waals surface area contributed by atoms with Crippen molar-refractivity contribution in [3.63, 3.8) is 0 Å². The van der Waals surface area contributed by atoms with E-state index < -0.39 is 0 Å². The molecule has 18 heavy (non-hydrogen) atoms. The molecule has 0 aliphatic carbocycles. The first-order valence-electron chi connectivity index (χ1n) is 5.79. The summed E-state index contributed by atoms with van der Waals surface area (Å²) in [6, 6.07) is 9.30. The van der Waals surface area contributed by atoms with Gasteiger partial charge in [0.1, 0.15) is 5.75 Å². The molecule has 0 spiro atoms. The number of hydrogen-bond donors (Lipinski definition) is 0. The van der Waals surface area contributed by atoms with Crippen molar-refractivity contribution in [1.82, 2.24) is 9.78 Å². The van der Waals surface area contributed by atoms with Crippen molar-refractivity contribution < 1.29 is 9.53 Å². The summed E-state index contributed by atoms with van der Waals surface area (Å²) in [5, 5.41) is 4.31. The van der Waals surface area contributed by atoms with E-state index in [9.17, 15) is 4.79 Å². The van der Waals surface area contributed by atoms with Crippen LogP contribution in [0.3, 0.4) is 0 Å². The van der Waals surface area contributed by atoms with Crippen LogP contribution in [0.15, 0.2) is 36.5 Å². The van der Waals surface area contributed by atoms with Crippen molar-refractivity contribution in [2.75, 3.05) is 0 Å². The predicted octanol–water partition coefficient (Wildman–Crippen LogP) is 3.24. The Balaban J connectivity index is 2.33. The minimum absolute atomic E-state index is 0.184. The molecule has 0 amide bonds. The van der Waals surface area contributed by atoms with Gasteiger partial charge >= 0.3 is 0 Å². The summed E-state index contributed by atoms with van der Waals surface area (Å²) in [5.41, 5.74) is 0.268. The van der Waals surface area contributed by atoms with E-state index in [1.807, 2.05) is 51.1 Å². The molecule has 0 aliphatic heterocycles. The van der Waals surface area contributed by atoms with Gasteiger partial charge in [0, 0.05) is 6.20 Å². The SMILES string of the molecule is CC(C)(C)n1cc(C=O)c(Oc2ccccc2)n1. The summed E-state index contributed by atoms with van der Waals surface area (Å²) in [6.07, 6.45) is 2.46. The summed E-state index contributed by atoms with van der Waals surface area (Å²) in [7, 11) is 0. The monoisotopic (exact) mass is 244 g/mol. The molecular formula is C14H16N2O2. The van der Waals surface area contributed by atoms with Gasteiger partial charge < -0.3 is 4.74 Å². The molecule has 0 radical (unpaired) electrons. The highest BCUT2D eigenvalue weighted by atomic mass is 16.5. The third-order valence-corrected chi connectivity index (χ3v) is 2.48. The normalized spacial score (nSPS) is 11.3. The number of nitrogens with zero attached hydrogens (tertiary/aromatic N) is 2. The molecule has 0 atom stereocenters. The van der Waals surface area contributed by atoms with Crippen molar-refractivity contribution in [2.45, 2.75) is 26.3 Å². The Labute approximate surface area is 106 Å². The first-order valence-corrected chi connectivity index (χ1v) is 5.79. The molecule has 4 heteroatoms. The smallest absolute Gasteiger partial charge is 0.248 e. The molecule has 1 aromatic heterocycles. The van der Waals surface area contributed by atoms with E-state index in [0.29, 0.717) is 17.2 Å². The standard InChI is InChI=1S/C14H16N2O2/c1-14(2,3)16-9-11(10-17)13(15-16)18-12-7-5-4-6-8-12/h4-10H,1-3H3. The average molecular weight is 244 g/mol. The Morgan fingerprint density at radius 1 is 1.22 bits per heavy atom. The molecule has 0 N–H and O–H groups in total. The molecule has 0 fully saturated rings. The van der Waals surface area contributed by atoms with Gasteiger partial charge in [-0.2, -0.15) is 0 Å². The van der Waals surface area contributed by atoms with E-state index in [0.717, 1.165) is 6.29 Å². The van der Waals surface area contributed by atoms with Gasteiger partial charge in [-0.05, 0) is 32.9 Å². The number of carbonyl (C=O) groups is 1. The van der Waals surface area contributed by atoms with Crippen molar-refractivity contribution in [3.8, 4) is 11.6 Å². The van der Waals surface area contributed by atoms with E-state index in [1.165, 1.54) is 0 Å². The van der Waals surface area contributed by atoms with Crippen LogP contribution in [0.5, 0.6) is 11.6 Å². The van der Waals surface area contributed by atoms with Gasteiger partial charge in [0.2, 0.25) is 5.88 Å². The fraction of sp³-hybridized carbons (Fsp3) is 0.286. The van der Waals surface area contributed by atoms with E-state index in [-0.39, 0.29) is 5.54 Å². The van der Waals surface area contributed by atoms with Gasteiger partial charge in [-0.1, -0.05) is 18.2 Å². The zero-order chi connectivity index (χ0) is 13.2. The Morgan fingerprint density at radius 2 is 1.89 bits per heavy atom. The van der Waals surface area contributed by atoms with Gasteiger partial charge in [-0.25, -0.2) is 0 Å². The third kappa shape index (κ3) is 2.59. The van der Waals surface area contributed by atoms with Crippen LogP contribution in [0, 0.1) is 0 Å². The molecule has 4 nitrogen and oxygen atoms in total. The lowest BCUT2D eigenvalue weighted by Crippen LogP contribution is -2.22. The first-order chi connectivity index (χ1) is 8.50. The molecule has 94 valence electrons. The molecule has 0 saturated heterocycles. The fourth-order valence-electron chi connectivity index (χ4n) is 1.48. The van der Waals surface area contributed by atoms with E-state index >= 15 is 0 Å². The topological polar surface area (TPSA) is 44.1 Å². The van der Waals surface area contributed by atoms with E-state index in [4.69, 9.17) is 4.74 Å². The second-order valence-electron chi connectivity index (χ2n) is 5.04. The Bertz CT molecular complexity index is 539. The third-order valence-electron chi connectivity index (χ3n) is 2.48. The van der Waals surface area contributed by atoms with Crippen LogP contribution in [-0.2, 0) is 5.54 Å². The van der Waals surface area contributed by atoms with Crippen LogP contribution in [-0.4, -0.2) is 16.1 Å². The molecule has 2 aromatic rings. The zero-order valence-corrected chi connectivity index (χ0v) is 10.8. The lowest BCUT2D eigenvalue weighted by molar-refractivity contribution is 0.112. The highest BCUT2D eigenvalue weighted by Gasteiger charge is 2.18. The van der Waals surface area contributed by atoms with Crippen LogP contribution in [0.4, 0.5) is 0 Å². The number of carbonyl (C=O) groups excluding carboxylic acids is 1. The quantitative estimate of drug-likeness (QED) is 0.778. The maximum Gasteiger partial charge on any atom is 0.248 e. The van der Waals surface area contributed by atoms with Gasteiger partial charge in [-0.3, -0.25) is 9.48 Å². The van der Waals surface area contributed by atoms with Crippen LogP contribution in [0.1, 0.15) is 31.1 Å². The highest BCUT2D eigenvalue weighted by molar-refractivity contribution is 5.78. The summed E-state index contributed by atoms with van der Waals surface area (Å²) >= 11 is 0. The van der Waals surface area contributed by atoms with Crippen molar-refractivity contribution in [2.24, 2.45) is 0 Å². The van der Waals surface area contributed by atoms with Crippen LogP contribution >= 0.6 is 0 Å². The Morgan fingerprint density at radius 3 is 2.44 bits per heavy atom. The number of aromatic nitrogens is 2. The summed E-state index contributed by atoms with van der Waals surface area (Å²) < 4.78 is 7.34. The second kappa shape index (κ2) is 4.64. The Hall–Kier alpha value is -2.10. The van der Waals surface area contributed by atoms with Crippen molar-refractivity contribution in [3.05, 3.63) is 42.1 Å². The van der Waals surface area contributed by atoms with Gasteiger partial charge in [-0.15, -0.1) is 5.10 Å². The maximum atomic E-state index is 11.0. The first kappa shape index (κ1) is 12.4. The van der Waals surface area contributed by atoms with E-state index in [2.05, 4.69) is 5.10 Å². The second-order valence-corrected chi connectivity index (χ2v) is 5.04. The molecule has 0 bridgehead atoms. The number of ether oxygens (including phenoxy) is 1. The summed E-state index contributed by atoms with van der Waals surface area (Å²) in [6.45, 7) is 6.04. The van der Waals surface area contributed by atoms with Gasteiger partial charge in [0.05, 0.1) is 11.1 Å². The fourth-order valence-corrected chi connectivity index (χ4v) is 1.48. The molecule has 0 saturated carbocycles. The largest absolute Gasteiger partial charge is 0.437 e. The predicted molar refractivity (Wildman–Crippen MR) is 69.1 cm³/mol. The van der Waals surface area contributed by atoms with Crippen molar-refractivity contribution in [1.29, 1.82) is 0 Å². The minimum atomic E-state index is -0.184. The summed E-state index contributed by atoms with van der Waals surface area (Å²) in [4.78, 5) is 11.0. The number of benzene rings is 1. The molecule has 1 heterocycles. The van der Waals surface area contributed by atoms with Crippen LogP contribution < -0.4 is 4.74 Å². The minimum Gasteiger partial charge on any atom is -0.437 e. The van der Waals surface area contributed by atoms with Crippen molar-refractivity contribution >= 4 is 6.29 Å².